The van der Waals surface area contributed by atoms with E-state index in [4.69, 9.17) is 0 Å². The molecule has 0 atom stereocenters. The average molecular weight is 468 g/mol. The van der Waals surface area contributed by atoms with Crippen molar-refractivity contribution >= 4 is 40.0 Å². The highest BCUT2D eigenvalue weighted by molar-refractivity contribution is 14.0. The van der Waals surface area contributed by atoms with Crippen LogP contribution in [-0.4, -0.2) is 63.1 Å². The van der Waals surface area contributed by atoms with Gasteiger partial charge in [-0.3, -0.25) is 0 Å². The molecule has 0 fully saturated rings. The van der Waals surface area contributed by atoms with Gasteiger partial charge in [-0.1, -0.05) is 44.2 Å². The van der Waals surface area contributed by atoms with Crippen molar-refractivity contribution in [2.45, 2.75) is 20.4 Å². The second-order valence-electron chi connectivity index (χ2n) is 5.35. The molecule has 0 saturated heterocycles. The molecular weight excluding hydrogens is 439 g/mol. The molecule has 0 spiro atoms. The maximum atomic E-state index is 12.2. The Balaban J connectivity index is 0.00000529. The Bertz CT molecular complexity index is 587. The highest BCUT2D eigenvalue weighted by Crippen LogP contribution is 2.02. The van der Waals surface area contributed by atoms with E-state index in [1.807, 2.05) is 63.2 Å². The summed E-state index contributed by atoms with van der Waals surface area (Å²) in [6.07, 6.45) is 0. The highest BCUT2D eigenvalue weighted by atomic mass is 127. The monoisotopic (exact) mass is 468 g/mol. The molecule has 1 N–H and O–H groups in total. The topological polar surface area (TPSA) is 65.0 Å². The Hall–Kier alpha value is -0.870. The van der Waals surface area contributed by atoms with Crippen LogP contribution in [-0.2, 0) is 16.6 Å². The van der Waals surface area contributed by atoms with Crippen LogP contribution in [0.3, 0.4) is 0 Å². The molecule has 0 heterocycles. The van der Waals surface area contributed by atoms with Gasteiger partial charge in [-0.25, -0.2) is 17.7 Å². The number of aliphatic imine (C=N–C) groups is 1. The average Bonchev–Trinajstić information content (AvgIpc) is 2.52. The lowest BCUT2D eigenvalue weighted by Gasteiger charge is -2.21. The van der Waals surface area contributed by atoms with Crippen molar-refractivity contribution in [2.75, 3.05) is 39.5 Å². The minimum atomic E-state index is -3.21. The van der Waals surface area contributed by atoms with Crippen LogP contribution in [0.15, 0.2) is 35.3 Å². The van der Waals surface area contributed by atoms with Crippen molar-refractivity contribution in [1.82, 2.24) is 14.5 Å². The number of hydrogen-bond donors (Lipinski definition) is 1. The summed E-state index contributed by atoms with van der Waals surface area (Å²) in [6.45, 7) is 5.60. The van der Waals surface area contributed by atoms with Crippen LogP contribution < -0.4 is 5.32 Å². The molecule has 0 aliphatic heterocycles. The molecule has 0 aliphatic rings. The molecule has 0 amide bonds. The van der Waals surface area contributed by atoms with Crippen LogP contribution in [0.25, 0.3) is 0 Å². The van der Waals surface area contributed by atoms with Gasteiger partial charge in [-0.15, -0.1) is 24.0 Å². The van der Waals surface area contributed by atoms with Crippen LogP contribution in [0, 0.1) is 0 Å². The maximum absolute atomic E-state index is 12.2. The minimum Gasteiger partial charge on any atom is -0.355 e. The lowest BCUT2D eigenvalue weighted by atomic mass is 10.2. The standard InChI is InChI=1S/C16H28N4O2S.HI/c1-5-20(6-2)23(21,22)13-12-17-16(19(3)4)18-14-15-10-8-7-9-11-15;/h7-11H,5-6,12-14H2,1-4H3,(H,17,18);1H. The van der Waals surface area contributed by atoms with Crippen LogP contribution in [0.4, 0.5) is 0 Å². The lowest BCUT2D eigenvalue weighted by molar-refractivity contribution is 0.444. The zero-order valence-electron chi connectivity index (χ0n) is 14.9. The van der Waals surface area contributed by atoms with Gasteiger partial charge in [0.2, 0.25) is 10.0 Å². The summed E-state index contributed by atoms with van der Waals surface area (Å²) in [4.78, 5) is 6.38. The van der Waals surface area contributed by atoms with Gasteiger partial charge < -0.3 is 10.2 Å². The zero-order chi connectivity index (χ0) is 17.3. The van der Waals surface area contributed by atoms with E-state index in [1.54, 1.807) is 0 Å². The first-order chi connectivity index (χ1) is 10.9. The largest absolute Gasteiger partial charge is 0.355 e. The van der Waals surface area contributed by atoms with E-state index >= 15 is 0 Å². The summed E-state index contributed by atoms with van der Waals surface area (Å²) >= 11 is 0. The van der Waals surface area contributed by atoms with E-state index in [-0.39, 0.29) is 29.7 Å². The summed E-state index contributed by atoms with van der Waals surface area (Å²) in [5.74, 6) is 0.746. The third-order valence-electron chi connectivity index (χ3n) is 3.42. The molecule has 0 aliphatic carbocycles. The van der Waals surface area contributed by atoms with Crippen molar-refractivity contribution < 1.29 is 8.42 Å². The Morgan fingerprint density at radius 3 is 2.21 bits per heavy atom. The molecule has 1 rings (SSSR count). The molecule has 24 heavy (non-hydrogen) atoms. The second-order valence-corrected chi connectivity index (χ2v) is 7.44. The quantitative estimate of drug-likeness (QED) is 0.360. The molecule has 0 unspecified atom stereocenters. The first-order valence-corrected chi connectivity index (χ1v) is 9.49. The number of rotatable bonds is 8. The Labute approximate surface area is 163 Å². The van der Waals surface area contributed by atoms with Gasteiger partial charge in [0.05, 0.1) is 12.3 Å². The first kappa shape index (κ1) is 23.1. The van der Waals surface area contributed by atoms with Crippen LogP contribution in [0.5, 0.6) is 0 Å². The SMILES string of the molecule is CCN(CC)S(=O)(=O)CCNC(=NCc1ccccc1)N(C)C.I. The number of halogens is 1. The number of hydrogen-bond acceptors (Lipinski definition) is 3. The molecule has 0 aromatic heterocycles. The van der Waals surface area contributed by atoms with Gasteiger partial charge in [0.25, 0.3) is 0 Å². The van der Waals surface area contributed by atoms with Gasteiger partial charge in [0, 0.05) is 33.7 Å². The normalized spacial score (nSPS) is 12.0. The fourth-order valence-electron chi connectivity index (χ4n) is 2.14. The lowest BCUT2D eigenvalue weighted by Crippen LogP contribution is -2.41. The summed E-state index contributed by atoms with van der Waals surface area (Å²) in [5, 5.41) is 3.12. The number of nitrogens with zero attached hydrogens (tertiary/aromatic N) is 3. The molecule has 138 valence electrons. The van der Waals surface area contributed by atoms with Crippen LogP contribution in [0.1, 0.15) is 19.4 Å². The molecule has 8 heteroatoms. The van der Waals surface area contributed by atoms with Gasteiger partial charge >= 0.3 is 0 Å². The second kappa shape index (κ2) is 11.6. The molecule has 1 aromatic rings. The minimum absolute atomic E-state index is 0. The van der Waals surface area contributed by atoms with Crippen molar-refractivity contribution in [3.63, 3.8) is 0 Å². The van der Waals surface area contributed by atoms with E-state index in [9.17, 15) is 8.42 Å². The highest BCUT2D eigenvalue weighted by Gasteiger charge is 2.18. The van der Waals surface area contributed by atoms with Crippen molar-refractivity contribution in [1.29, 1.82) is 0 Å². The van der Waals surface area contributed by atoms with Crippen molar-refractivity contribution in [2.24, 2.45) is 4.99 Å². The van der Waals surface area contributed by atoms with Gasteiger partial charge in [-0.2, -0.15) is 0 Å². The molecule has 6 nitrogen and oxygen atoms in total. The van der Waals surface area contributed by atoms with E-state index in [1.165, 1.54) is 4.31 Å². The van der Waals surface area contributed by atoms with Crippen LogP contribution in [0.2, 0.25) is 0 Å². The van der Waals surface area contributed by atoms with Gasteiger partial charge in [0.15, 0.2) is 5.96 Å². The Morgan fingerprint density at radius 1 is 1.12 bits per heavy atom. The Kier molecular flexibility index (Phi) is 11.2. The van der Waals surface area contributed by atoms with Crippen molar-refractivity contribution in [3.8, 4) is 0 Å². The van der Waals surface area contributed by atoms with Crippen molar-refractivity contribution in [3.05, 3.63) is 35.9 Å². The summed E-state index contributed by atoms with van der Waals surface area (Å²) in [6, 6.07) is 9.95. The number of sulfonamides is 1. The molecule has 0 saturated carbocycles. The first-order valence-electron chi connectivity index (χ1n) is 7.88. The Morgan fingerprint density at radius 2 is 1.71 bits per heavy atom. The fraction of sp³-hybridized carbons (Fsp3) is 0.562. The predicted molar refractivity (Wildman–Crippen MR) is 111 cm³/mol. The van der Waals surface area contributed by atoms with E-state index < -0.39 is 10.0 Å². The van der Waals surface area contributed by atoms with E-state index in [2.05, 4.69) is 10.3 Å². The molecule has 0 radical (unpaired) electrons. The number of guanidine groups is 1. The summed E-state index contributed by atoms with van der Waals surface area (Å²) in [5.41, 5.74) is 1.12. The molecular formula is C16H29IN4O2S. The fourth-order valence-corrected chi connectivity index (χ4v) is 3.55. The third kappa shape index (κ3) is 7.80. The van der Waals surface area contributed by atoms with E-state index in [0.717, 1.165) is 5.56 Å². The number of benzene rings is 1. The molecule has 1 aromatic carbocycles. The predicted octanol–water partition coefficient (Wildman–Crippen LogP) is 1.98. The van der Waals surface area contributed by atoms with Crippen LogP contribution >= 0.6 is 24.0 Å². The zero-order valence-corrected chi connectivity index (χ0v) is 18.0. The van der Waals surface area contributed by atoms with Gasteiger partial charge in [-0.05, 0) is 5.56 Å². The number of nitrogens with one attached hydrogen (secondary N) is 1. The summed E-state index contributed by atoms with van der Waals surface area (Å²) in [7, 11) is 0.556. The van der Waals surface area contributed by atoms with E-state index in [0.29, 0.717) is 32.1 Å². The smallest absolute Gasteiger partial charge is 0.215 e. The molecule has 0 bridgehead atoms. The third-order valence-corrected chi connectivity index (χ3v) is 5.44. The van der Waals surface area contributed by atoms with Gasteiger partial charge in [0.1, 0.15) is 0 Å². The maximum Gasteiger partial charge on any atom is 0.215 e. The summed E-state index contributed by atoms with van der Waals surface area (Å²) < 4.78 is 25.8.